The Morgan fingerprint density at radius 1 is 0.850 bits per heavy atom. The molecule has 3 aliphatic heterocycles. The first-order valence-corrected chi connectivity index (χ1v) is 15.3. The minimum atomic E-state index is -0.340. The first-order valence-electron chi connectivity index (χ1n) is 15.3. The van der Waals surface area contributed by atoms with Crippen molar-refractivity contribution in [3.8, 4) is 0 Å². The fourth-order valence-corrected chi connectivity index (χ4v) is 5.65. The van der Waals surface area contributed by atoms with Gasteiger partial charge in [-0.15, -0.1) is 0 Å². The van der Waals surface area contributed by atoms with Gasteiger partial charge in [0.25, 0.3) is 0 Å². The third-order valence-electron chi connectivity index (χ3n) is 9.77. The van der Waals surface area contributed by atoms with Gasteiger partial charge in [0.05, 0.1) is 24.2 Å². The van der Waals surface area contributed by atoms with E-state index in [4.69, 9.17) is 9.47 Å². The van der Waals surface area contributed by atoms with Gasteiger partial charge in [0.1, 0.15) is 0 Å². The van der Waals surface area contributed by atoms with Crippen LogP contribution in [0.5, 0.6) is 0 Å². The predicted molar refractivity (Wildman–Crippen MR) is 150 cm³/mol. The zero-order chi connectivity index (χ0) is 29.8. The Morgan fingerprint density at radius 3 is 1.85 bits per heavy atom. The highest BCUT2D eigenvalue weighted by Crippen LogP contribution is 2.39. The second-order valence-corrected chi connectivity index (χ2v) is 13.1. The maximum atomic E-state index is 11.9. The summed E-state index contributed by atoms with van der Waals surface area (Å²) in [5, 5.41) is 2.24. The van der Waals surface area contributed by atoms with Gasteiger partial charge >= 0.3 is 5.97 Å². The number of nitrogens with one attached hydrogen (secondary N) is 1. The maximum absolute atomic E-state index is 11.9. The molecular formula is C31H50N2O7. The number of amides is 4. The van der Waals surface area contributed by atoms with E-state index in [1.54, 1.807) is 18.7 Å². The summed E-state index contributed by atoms with van der Waals surface area (Å²) in [5.74, 6) is -0.234. The van der Waals surface area contributed by atoms with Crippen LogP contribution in [0.3, 0.4) is 0 Å². The normalized spacial score (nSPS) is 33.8. The number of ether oxygens (including phenoxy) is 2. The molecule has 226 valence electrons. The summed E-state index contributed by atoms with van der Waals surface area (Å²) >= 11 is 0. The molecule has 2 aliphatic carbocycles. The number of fused-ring (bicyclic) bond motifs is 1. The van der Waals surface area contributed by atoms with Crippen LogP contribution >= 0.6 is 0 Å². The molecule has 2 saturated carbocycles. The van der Waals surface area contributed by atoms with Crippen LogP contribution in [0.1, 0.15) is 106 Å². The van der Waals surface area contributed by atoms with Gasteiger partial charge in [0, 0.05) is 29.7 Å². The smallest absolute Gasteiger partial charge is 0.311 e. The summed E-state index contributed by atoms with van der Waals surface area (Å²) in [6, 6.07) is 0.200. The van der Waals surface area contributed by atoms with Crippen LogP contribution < -0.4 is 5.32 Å². The molecule has 0 aromatic heterocycles. The predicted octanol–water partition coefficient (Wildman–Crippen LogP) is 4.41. The van der Waals surface area contributed by atoms with Gasteiger partial charge < -0.3 is 9.47 Å². The molecule has 3 saturated heterocycles. The van der Waals surface area contributed by atoms with Crippen molar-refractivity contribution in [3.05, 3.63) is 0 Å². The molecular weight excluding hydrogens is 512 g/mol. The summed E-state index contributed by atoms with van der Waals surface area (Å²) in [4.78, 5) is 58.5. The van der Waals surface area contributed by atoms with Gasteiger partial charge in [0.15, 0.2) is 0 Å². The van der Waals surface area contributed by atoms with Gasteiger partial charge in [-0.1, -0.05) is 53.9 Å². The van der Waals surface area contributed by atoms with E-state index in [2.05, 4.69) is 5.32 Å². The Balaban J connectivity index is 0.000000172. The number of epoxide rings is 1. The lowest BCUT2D eigenvalue weighted by Crippen LogP contribution is -2.41. The average Bonchev–Trinajstić information content (AvgIpc) is 3.66. The lowest BCUT2D eigenvalue weighted by atomic mass is 9.89. The van der Waals surface area contributed by atoms with Gasteiger partial charge in [-0.3, -0.25) is 34.2 Å². The summed E-state index contributed by atoms with van der Waals surface area (Å²) in [7, 11) is 0. The Hall–Kier alpha value is -2.29. The van der Waals surface area contributed by atoms with Gasteiger partial charge in [-0.2, -0.15) is 0 Å². The molecule has 3 heterocycles. The minimum Gasteiger partial charge on any atom is -0.465 e. The lowest BCUT2D eigenvalue weighted by molar-refractivity contribution is -0.155. The highest BCUT2D eigenvalue weighted by atomic mass is 16.6. The van der Waals surface area contributed by atoms with Crippen molar-refractivity contribution >= 4 is 29.6 Å². The van der Waals surface area contributed by atoms with E-state index in [0.717, 1.165) is 51.4 Å². The fraction of sp³-hybridized carbons (Fsp3) is 0.839. The zero-order valence-corrected chi connectivity index (χ0v) is 25.5. The minimum absolute atomic E-state index is 0.0550. The Bertz CT molecular complexity index is 919. The highest BCUT2D eigenvalue weighted by molar-refractivity contribution is 6.05. The SMILES string of the molecule is CC1C(=O)N(C2CCCCC2)C(=O)C1C.CC1C(=O)NC(=O)C1C.CCC(C)(C)C(=O)OCC1CCC2OC2C1. The fourth-order valence-electron chi connectivity index (χ4n) is 5.65. The van der Waals surface area contributed by atoms with Crippen LogP contribution in [0.15, 0.2) is 0 Å². The largest absolute Gasteiger partial charge is 0.465 e. The second kappa shape index (κ2) is 13.6. The van der Waals surface area contributed by atoms with Crippen molar-refractivity contribution in [3.63, 3.8) is 0 Å². The van der Waals surface area contributed by atoms with Crippen molar-refractivity contribution in [2.45, 2.75) is 125 Å². The number of rotatable bonds is 5. The molecule has 0 aromatic rings. The molecule has 9 nitrogen and oxygen atoms in total. The third kappa shape index (κ3) is 7.71. The monoisotopic (exact) mass is 562 g/mol. The summed E-state index contributed by atoms with van der Waals surface area (Å²) in [6.45, 7) is 13.7. The van der Waals surface area contributed by atoms with Crippen molar-refractivity contribution in [1.82, 2.24) is 10.2 Å². The highest BCUT2D eigenvalue weighted by Gasteiger charge is 2.46. The molecule has 0 bridgehead atoms. The maximum Gasteiger partial charge on any atom is 0.311 e. The first-order chi connectivity index (χ1) is 18.8. The Kier molecular flexibility index (Phi) is 10.9. The third-order valence-corrected chi connectivity index (χ3v) is 9.77. The number of esters is 1. The van der Waals surface area contributed by atoms with E-state index in [1.807, 2.05) is 34.6 Å². The zero-order valence-electron chi connectivity index (χ0n) is 25.5. The molecule has 0 spiro atoms. The quantitative estimate of drug-likeness (QED) is 0.299. The van der Waals surface area contributed by atoms with Crippen LogP contribution in [0.4, 0.5) is 0 Å². The first kappa shape index (κ1) is 32.2. The van der Waals surface area contributed by atoms with E-state index in [1.165, 1.54) is 6.42 Å². The lowest BCUT2D eigenvalue weighted by Gasteiger charge is -2.29. The Morgan fingerprint density at radius 2 is 1.40 bits per heavy atom. The van der Waals surface area contributed by atoms with Crippen LogP contribution in [0.2, 0.25) is 0 Å². The second-order valence-electron chi connectivity index (χ2n) is 13.1. The number of likely N-dealkylation sites (tertiary alicyclic amines) is 1. The van der Waals surface area contributed by atoms with Crippen LogP contribution in [-0.2, 0) is 33.4 Å². The van der Waals surface area contributed by atoms with E-state index in [-0.39, 0.29) is 64.7 Å². The number of carbonyl (C=O) groups excluding carboxylic acids is 5. The van der Waals surface area contributed by atoms with E-state index in [9.17, 15) is 24.0 Å². The van der Waals surface area contributed by atoms with Crippen LogP contribution in [0, 0.1) is 35.0 Å². The summed E-state index contributed by atoms with van der Waals surface area (Å²) < 4.78 is 10.9. The summed E-state index contributed by atoms with van der Waals surface area (Å²) in [6.07, 6.45) is 10.8. The molecule has 9 heteroatoms. The molecule has 5 fully saturated rings. The number of carbonyl (C=O) groups is 5. The number of nitrogens with zero attached hydrogens (tertiary/aromatic N) is 1. The average molecular weight is 563 g/mol. The molecule has 0 radical (unpaired) electrons. The molecule has 40 heavy (non-hydrogen) atoms. The van der Waals surface area contributed by atoms with Crippen LogP contribution in [-0.4, -0.2) is 59.4 Å². The topological polar surface area (TPSA) is 122 Å². The number of imide groups is 2. The van der Waals surface area contributed by atoms with E-state index < -0.39 is 0 Å². The molecule has 5 aliphatic rings. The van der Waals surface area contributed by atoms with Crippen molar-refractivity contribution < 1.29 is 33.4 Å². The van der Waals surface area contributed by atoms with Gasteiger partial charge in [-0.25, -0.2) is 0 Å². The Labute approximate surface area is 239 Å². The molecule has 7 unspecified atom stereocenters. The molecule has 7 atom stereocenters. The summed E-state index contributed by atoms with van der Waals surface area (Å²) in [5.41, 5.74) is -0.340. The van der Waals surface area contributed by atoms with Crippen molar-refractivity contribution in [1.29, 1.82) is 0 Å². The number of hydrogen-bond donors (Lipinski definition) is 1. The van der Waals surface area contributed by atoms with E-state index in [0.29, 0.717) is 24.7 Å². The number of hydrogen-bond acceptors (Lipinski definition) is 7. The van der Waals surface area contributed by atoms with Crippen LogP contribution in [0.25, 0.3) is 0 Å². The molecule has 5 rings (SSSR count). The molecule has 4 amide bonds. The van der Waals surface area contributed by atoms with Crippen molar-refractivity contribution in [2.24, 2.45) is 35.0 Å². The van der Waals surface area contributed by atoms with E-state index >= 15 is 0 Å². The standard InChI is InChI=1S/C13H22O3.C12H19NO2.C6H9NO2/c1-4-13(2,3)12(14)15-8-9-5-6-10-11(7-9)16-10;1-8-9(2)12(15)13(11(8)14)10-6-4-3-5-7-10;1-3-4(2)6(9)7-5(3)8/h9-11H,4-8H2,1-3H3;8-10H,3-7H2,1-2H3;3-4H,1-2H3,(H,7,8,9). The van der Waals surface area contributed by atoms with Crippen molar-refractivity contribution in [2.75, 3.05) is 6.61 Å². The van der Waals surface area contributed by atoms with Gasteiger partial charge in [-0.05, 0) is 58.3 Å². The molecule has 1 N–H and O–H groups in total. The van der Waals surface area contributed by atoms with Gasteiger partial charge in [0.2, 0.25) is 23.6 Å². The molecule has 0 aromatic carbocycles.